The van der Waals surface area contributed by atoms with Gasteiger partial charge in [0.05, 0.1) is 6.04 Å². The van der Waals surface area contributed by atoms with Crippen molar-refractivity contribution in [1.82, 2.24) is 15.1 Å². The molecule has 1 fully saturated rings. The number of hydrogen-bond acceptors (Lipinski definition) is 4. The summed E-state index contributed by atoms with van der Waals surface area (Å²) in [7, 11) is 5.85. The predicted molar refractivity (Wildman–Crippen MR) is 101 cm³/mol. The minimum absolute atomic E-state index is 0.00924. The van der Waals surface area contributed by atoms with E-state index in [0.717, 1.165) is 5.69 Å². The zero-order chi connectivity index (χ0) is 18.6. The summed E-state index contributed by atoms with van der Waals surface area (Å²) >= 11 is 0. The third kappa shape index (κ3) is 4.51. The number of carbonyl (C=O) groups is 2. The quantitative estimate of drug-likeness (QED) is 0.846. The lowest BCUT2D eigenvalue weighted by atomic mass is 10.1. The average molecular weight is 346 g/mol. The van der Waals surface area contributed by atoms with Crippen LogP contribution in [0.2, 0.25) is 0 Å². The van der Waals surface area contributed by atoms with E-state index in [0.29, 0.717) is 31.6 Å². The molecule has 2 amide bonds. The molecule has 6 heteroatoms. The molecule has 0 aliphatic carbocycles. The lowest BCUT2D eigenvalue weighted by Gasteiger charge is -2.26. The normalized spacial score (nSPS) is 20.4. The molecule has 1 aromatic rings. The zero-order valence-electron chi connectivity index (χ0n) is 16.0. The first-order valence-electron chi connectivity index (χ1n) is 8.94. The van der Waals surface area contributed by atoms with Crippen LogP contribution in [0, 0.1) is 0 Å². The molecule has 1 aliphatic rings. The van der Waals surface area contributed by atoms with Gasteiger partial charge >= 0.3 is 0 Å². The highest BCUT2D eigenvalue weighted by atomic mass is 16.2. The van der Waals surface area contributed by atoms with Gasteiger partial charge in [0.15, 0.2) is 0 Å². The van der Waals surface area contributed by atoms with Crippen LogP contribution in [0.15, 0.2) is 24.3 Å². The SMILES string of the molecule is CCN(CC)C(=O)[C@@H]1C[C@@H](NC(=O)c2cccc(N(C)C)c2)CN1C. The molecular weight excluding hydrogens is 316 g/mol. The van der Waals surface area contributed by atoms with Crippen molar-refractivity contribution in [3.8, 4) is 0 Å². The number of anilines is 1. The van der Waals surface area contributed by atoms with Crippen molar-refractivity contribution >= 4 is 17.5 Å². The molecule has 0 aromatic heterocycles. The van der Waals surface area contributed by atoms with Crippen molar-refractivity contribution in [2.45, 2.75) is 32.4 Å². The second kappa shape index (κ2) is 8.34. The van der Waals surface area contributed by atoms with Crippen molar-refractivity contribution in [3.05, 3.63) is 29.8 Å². The van der Waals surface area contributed by atoms with Crippen molar-refractivity contribution in [2.24, 2.45) is 0 Å². The van der Waals surface area contributed by atoms with Gasteiger partial charge in [-0.3, -0.25) is 14.5 Å². The Bertz CT molecular complexity index is 613. The largest absolute Gasteiger partial charge is 0.378 e. The van der Waals surface area contributed by atoms with Gasteiger partial charge in [-0.1, -0.05) is 6.07 Å². The summed E-state index contributed by atoms with van der Waals surface area (Å²) < 4.78 is 0. The summed E-state index contributed by atoms with van der Waals surface area (Å²) in [5.74, 6) is 0.0666. The van der Waals surface area contributed by atoms with Gasteiger partial charge < -0.3 is 15.1 Å². The van der Waals surface area contributed by atoms with E-state index >= 15 is 0 Å². The number of likely N-dealkylation sites (N-methyl/N-ethyl adjacent to an activating group) is 2. The monoisotopic (exact) mass is 346 g/mol. The Morgan fingerprint density at radius 2 is 1.92 bits per heavy atom. The minimum Gasteiger partial charge on any atom is -0.378 e. The van der Waals surface area contributed by atoms with Gasteiger partial charge in [0.25, 0.3) is 5.91 Å². The van der Waals surface area contributed by atoms with Crippen molar-refractivity contribution < 1.29 is 9.59 Å². The van der Waals surface area contributed by atoms with Crippen LogP contribution in [0.25, 0.3) is 0 Å². The highest BCUT2D eigenvalue weighted by Crippen LogP contribution is 2.19. The Balaban J connectivity index is 2.01. The summed E-state index contributed by atoms with van der Waals surface area (Å²) in [5, 5.41) is 3.08. The van der Waals surface area contributed by atoms with Crippen LogP contribution in [0.1, 0.15) is 30.6 Å². The Labute approximate surface area is 150 Å². The summed E-state index contributed by atoms with van der Waals surface area (Å²) in [4.78, 5) is 31.0. The van der Waals surface area contributed by atoms with Crippen molar-refractivity contribution in [3.63, 3.8) is 0 Å². The van der Waals surface area contributed by atoms with Gasteiger partial charge in [-0.25, -0.2) is 0 Å². The standard InChI is InChI=1S/C19H30N4O2/c1-6-23(7-2)19(25)17-12-15(13-22(17)5)20-18(24)14-9-8-10-16(11-14)21(3)4/h8-11,15,17H,6-7,12-13H2,1-5H3,(H,20,24)/t15-,17+/m1/s1. The van der Waals surface area contributed by atoms with Crippen molar-refractivity contribution in [1.29, 1.82) is 0 Å². The van der Waals surface area contributed by atoms with Crippen LogP contribution in [0.5, 0.6) is 0 Å². The highest BCUT2D eigenvalue weighted by Gasteiger charge is 2.36. The molecule has 1 heterocycles. The van der Waals surface area contributed by atoms with Gasteiger partial charge in [0.2, 0.25) is 5.91 Å². The fourth-order valence-electron chi connectivity index (χ4n) is 3.33. The molecule has 2 atom stereocenters. The van der Waals surface area contributed by atoms with Gasteiger partial charge in [-0.15, -0.1) is 0 Å². The van der Waals surface area contributed by atoms with E-state index in [1.807, 2.05) is 74.0 Å². The van der Waals surface area contributed by atoms with Gasteiger partial charge in [0, 0.05) is 51.0 Å². The van der Waals surface area contributed by atoms with Crippen LogP contribution in [0.3, 0.4) is 0 Å². The first-order chi connectivity index (χ1) is 11.9. The Morgan fingerprint density at radius 1 is 1.24 bits per heavy atom. The number of likely N-dealkylation sites (tertiary alicyclic amines) is 1. The zero-order valence-corrected chi connectivity index (χ0v) is 16.0. The maximum absolute atomic E-state index is 12.6. The first kappa shape index (κ1) is 19.2. The van der Waals surface area contributed by atoms with E-state index < -0.39 is 0 Å². The molecule has 0 bridgehead atoms. The molecule has 2 rings (SSSR count). The van der Waals surface area contributed by atoms with E-state index in [1.54, 1.807) is 0 Å². The van der Waals surface area contributed by atoms with E-state index in [2.05, 4.69) is 5.32 Å². The number of amides is 2. The van der Waals surface area contributed by atoms with Crippen LogP contribution < -0.4 is 10.2 Å². The summed E-state index contributed by atoms with van der Waals surface area (Å²) in [5.41, 5.74) is 1.64. The fourth-order valence-corrected chi connectivity index (χ4v) is 3.33. The number of nitrogens with one attached hydrogen (secondary N) is 1. The van der Waals surface area contributed by atoms with E-state index in [-0.39, 0.29) is 23.9 Å². The molecule has 0 radical (unpaired) electrons. The lowest BCUT2D eigenvalue weighted by Crippen LogP contribution is -2.44. The highest BCUT2D eigenvalue weighted by molar-refractivity contribution is 5.95. The topological polar surface area (TPSA) is 55.9 Å². The summed E-state index contributed by atoms with van der Waals surface area (Å²) in [6.07, 6.45) is 0.658. The summed E-state index contributed by atoms with van der Waals surface area (Å²) in [6.45, 7) is 6.11. The van der Waals surface area contributed by atoms with E-state index in [1.165, 1.54) is 0 Å². The smallest absolute Gasteiger partial charge is 0.251 e. The van der Waals surface area contributed by atoms with Gasteiger partial charge in [0.1, 0.15) is 0 Å². The molecular formula is C19H30N4O2. The molecule has 0 unspecified atom stereocenters. The second-order valence-electron chi connectivity index (χ2n) is 6.82. The Hall–Kier alpha value is -2.08. The van der Waals surface area contributed by atoms with Crippen LogP contribution in [-0.2, 0) is 4.79 Å². The van der Waals surface area contributed by atoms with Crippen molar-refractivity contribution in [2.75, 3.05) is 45.7 Å². The molecule has 6 nitrogen and oxygen atoms in total. The van der Waals surface area contributed by atoms with E-state index in [4.69, 9.17) is 0 Å². The maximum atomic E-state index is 12.6. The van der Waals surface area contributed by atoms with Gasteiger partial charge in [-0.05, 0) is 45.5 Å². The average Bonchev–Trinajstić information content (AvgIpc) is 2.96. The minimum atomic E-state index is -0.154. The summed E-state index contributed by atoms with van der Waals surface area (Å²) in [6, 6.07) is 7.39. The fraction of sp³-hybridized carbons (Fsp3) is 0.579. The molecule has 1 aliphatic heterocycles. The third-order valence-corrected chi connectivity index (χ3v) is 4.87. The molecule has 0 saturated carbocycles. The number of benzene rings is 1. The number of carbonyl (C=O) groups excluding carboxylic acids is 2. The van der Waals surface area contributed by atoms with Crippen LogP contribution >= 0.6 is 0 Å². The Kier molecular flexibility index (Phi) is 6.42. The number of hydrogen-bond donors (Lipinski definition) is 1. The Morgan fingerprint density at radius 3 is 2.52 bits per heavy atom. The maximum Gasteiger partial charge on any atom is 0.251 e. The molecule has 138 valence electrons. The van der Waals surface area contributed by atoms with Gasteiger partial charge in [-0.2, -0.15) is 0 Å². The number of rotatable bonds is 6. The number of nitrogens with zero attached hydrogens (tertiary/aromatic N) is 3. The first-order valence-corrected chi connectivity index (χ1v) is 8.94. The third-order valence-electron chi connectivity index (χ3n) is 4.87. The molecule has 1 N–H and O–H groups in total. The molecule has 25 heavy (non-hydrogen) atoms. The lowest BCUT2D eigenvalue weighted by molar-refractivity contribution is -0.135. The van der Waals surface area contributed by atoms with Crippen LogP contribution in [-0.4, -0.2) is 74.5 Å². The predicted octanol–water partition coefficient (Wildman–Crippen LogP) is 1.42. The molecule has 1 saturated heterocycles. The van der Waals surface area contributed by atoms with Crippen LogP contribution in [0.4, 0.5) is 5.69 Å². The molecule has 0 spiro atoms. The molecule has 1 aromatic carbocycles. The van der Waals surface area contributed by atoms with E-state index in [9.17, 15) is 9.59 Å². The second-order valence-corrected chi connectivity index (χ2v) is 6.82.